The van der Waals surface area contributed by atoms with Crippen LogP contribution in [0.2, 0.25) is 0 Å². The number of carbonyl (C=O) groups is 1. The molecule has 2 aromatic heterocycles. The van der Waals surface area contributed by atoms with E-state index in [0.29, 0.717) is 5.56 Å². The van der Waals surface area contributed by atoms with Crippen molar-refractivity contribution >= 4 is 12.1 Å². The smallest absolute Gasteiger partial charge is 0.289 e. The van der Waals surface area contributed by atoms with Crippen molar-refractivity contribution in [2.45, 2.75) is 6.92 Å². The second-order valence-electron chi connectivity index (χ2n) is 3.56. The molecule has 0 fully saturated rings. The third kappa shape index (κ3) is 2.51. The van der Waals surface area contributed by atoms with Crippen LogP contribution in [0.25, 0.3) is 0 Å². The summed E-state index contributed by atoms with van der Waals surface area (Å²) < 4.78 is 0. The summed E-state index contributed by atoms with van der Waals surface area (Å²) in [7, 11) is 0. The Kier molecular flexibility index (Phi) is 3.33. The summed E-state index contributed by atoms with van der Waals surface area (Å²) in [5, 5.41) is 8.58. The summed E-state index contributed by atoms with van der Waals surface area (Å²) in [6, 6.07) is 3.56. The maximum absolute atomic E-state index is 11.6. The third-order valence-corrected chi connectivity index (χ3v) is 2.31. The minimum atomic E-state index is -0.481. The quantitative estimate of drug-likeness (QED) is 0.530. The van der Waals surface area contributed by atoms with Gasteiger partial charge in [-0.1, -0.05) is 6.07 Å². The van der Waals surface area contributed by atoms with Gasteiger partial charge in [-0.15, -0.1) is 0 Å². The Hall–Kier alpha value is -2.70. The number of pyridine rings is 1. The van der Waals surface area contributed by atoms with Gasteiger partial charge >= 0.3 is 0 Å². The summed E-state index contributed by atoms with van der Waals surface area (Å²) in [4.78, 5) is 26.7. The van der Waals surface area contributed by atoms with Crippen LogP contribution in [-0.2, 0) is 0 Å². The summed E-state index contributed by atoms with van der Waals surface area (Å²) in [6.45, 7) is 1.55. The predicted molar refractivity (Wildman–Crippen MR) is 65.4 cm³/mol. The van der Waals surface area contributed by atoms with Gasteiger partial charge in [0.15, 0.2) is 0 Å². The fraction of sp³-hybridized carbons (Fsp3) is 0.0909. The minimum absolute atomic E-state index is 0.170. The molecule has 3 N–H and O–H groups in total. The standard InChI is InChI=1S/C11H11N5O2/c1-7-9(14-16-10(7)17)11(18)15-13-6-8-3-2-4-12-5-8/h2-6H,1H3,(H,15,18)(H2,14,16,17)/b13-6-. The van der Waals surface area contributed by atoms with Crippen LogP contribution < -0.4 is 11.0 Å². The van der Waals surface area contributed by atoms with Crippen LogP contribution in [0.4, 0.5) is 0 Å². The summed E-state index contributed by atoms with van der Waals surface area (Å²) in [5.41, 5.74) is 3.25. The van der Waals surface area contributed by atoms with E-state index < -0.39 is 5.91 Å². The fourth-order valence-corrected chi connectivity index (χ4v) is 1.32. The lowest BCUT2D eigenvalue weighted by Gasteiger charge is -1.97. The highest BCUT2D eigenvalue weighted by molar-refractivity contribution is 5.94. The molecule has 2 aromatic rings. The number of aromatic nitrogens is 3. The normalized spacial score (nSPS) is 10.7. The van der Waals surface area contributed by atoms with Crippen LogP contribution in [-0.4, -0.2) is 27.3 Å². The Morgan fingerprint density at radius 1 is 1.50 bits per heavy atom. The van der Waals surface area contributed by atoms with Crippen LogP contribution in [0.15, 0.2) is 34.4 Å². The van der Waals surface area contributed by atoms with Crippen LogP contribution in [0.5, 0.6) is 0 Å². The average molecular weight is 245 g/mol. The minimum Gasteiger partial charge on any atom is -0.293 e. The zero-order valence-corrected chi connectivity index (χ0v) is 9.60. The maximum Gasteiger partial charge on any atom is 0.289 e. The molecule has 0 aliphatic rings. The molecule has 0 unspecified atom stereocenters. The van der Waals surface area contributed by atoms with Crippen molar-refractivity contribution in [3.63, 3.8) is 0 Å². The number of amides is 1. The van der Waals surface area contributed by atoms with E-state index in [9.17, 15) is 9.59 Å². The molecular weight excluding hydrogens is 234 g/mol. The Morgan fingerprint density at radius 2 is 2.33 bits per heavy atom. The molecular formula is C11H11N5O2. The number of nitrogens with one attached hydrogen (secondary N) is 3. The highest BCUT2D eigenvalue weighted by Gasteiger charge is 2.12. The highest BCUT2D eigenvalue weighted by Crippen LogP contribution is 1.96. The molecule has 0 atom stereocenters. The summed E-state index contributed by atoms with van der Waals surface area (Å²) in [5.74, 6) is -0.481. The second-order valence-corrected chi connectivity index (χ2v) is 3.56. The van der Waals surface area contributed by atoms with Gasteiger partial charge in [-0.3, -0.25) is 24.8 Å². The molecule has 0 bridgehead atoms. The first-order valence-electron chi connectivity index (χ1n) is 5.19. The van der Waals surface area contributed by atoms with Crippen LogP contribution in [0.1, 0.15) is 21.6 Å². The van der Waals surface area contributed by atoms with E-state index in [0.717, 1.165) is 5.56 Å². The molecule has 1 amide bonds. The van der Waals surface area contributed by atoms with Crippen molar-refractivity contribution in [2.75, 3.05) is 0 Å². The number of hydrogen-bond acceptors (Lipinski definition) is 4. The monoisotopic (exact) mass is 245 g/mol. The van der Waals surface area contributed by atoms with Crippen molar-refractivity contribution in [3.8, 4) is 0 Å². The van der Waals surface area contributed by atoms with Crippen molar-refractivity contribution in [2.24, 2.45) is 5.10 Å². The Balaban J connectivity index is 2.03. The molecule has 0 aromatic carbocycles. The second kappa shape index (κ2) is 5.09. The molecule has 0 saturated heterocycles. The van der Waals surface area contributed by atoms with E-state index in [-0.39, 0.29) is 11.3 Å². The summed E-state index contributed by atoms with van der Waals surface area (Å²) >= 11 is 0. The van der Waals surface area contributed by atoms with Gasteiger partial charge in [0, 0.05) is 23.5 Å². The van der Waals surface area contributed by atoms with E-state index in [4.69, 9.17) is 0 Å². The number of hydrogen-bond donors (Lipinski definition) is 3. The van der Waals surface area contributed by atoms with Gasteiger partial charge in [0.1, 0.15) is 5.69 Å². The molecule has 0 saturated carbocycles. The number of aromatic amines is 2. The lowest BCUT2D eigenvalue weighted by Crippen LogP contribution is -2.19. The number of carbonyl (C=O) groups excluding carboxylic acids is 1. The number of hydrazone groups is 1. The average Bonchev–Trinajstić information content (AvgIpc) is 2.71. The van der Waals surface area contributed by atoms with Crippen molar-refractivity contribution in [3.05, 3.63) is 51.7 Å². The van der Waals surface area contributed by atoms with Crippen molar-refractivity contribution < 1.29 is 4.79 Å². The SMILES string of the molecule is Cc1c(C(=O)N/N=C\c2cccnc2)[nH][nH]c1=O. The van der Waals surface area contributed by atoms with E-state index in [2.05, 4.69) is 25.7 Å². The van der Waals surface area contributed by atoms with E-state index in [1.807, 2.05) is 0 Å². The van der Waals surface area contributed by atoms with Crippen molar-refractivity contribution in [1.29, 1.82) is 0 Å². The van der Waals surface area contributed by atoms with E-state index in [1.165, 1.54) is 6.21 Å². The molecule has 92 valence electrons. The zero-order chi connectivity index (χ0) is 13.0. The lowest BCUT2D eigenvalue weighted by atomic mass is 10.3. The largest absolute Gasteiger partial charge is 0.293 e. The van der Waals surface area contributed by atoms with Gasteiger partial charge in [0.25, 0.3) is 11.5 Å². The van der Waals surface area contributed by atoms with Gasteiger partial charge in [-0.05, 0) is 13.0 Å². The third-order valence-electron chi connectivity index (χ3n) is 2.31. The molecule has 7 nitrogen and oxygen atoms in total. The molecule has 18 heavy (non-hydrogen) atoms. The molecule has 2 rings (SSSR count). The zero-order valence-electron chi connectivity index (χ0n) is 9.60. The van der Waals surface area contributed by atoms with Gasteiger partial charge in [-0.25, -0.2) is 5.43 Å². The van der Waals surface area contributed by atoms with Crippen LogP contribution in [0, 0.1) is 6.92 Å². The lowest BCUT2D eigenvalue weighted by molar-refractivity contribution is 0.0949. The van der Waals surface area contributed by atoms with Gasteiger partial charge in [0.05, 0.1) is 6.21 Å². The Morgan fingerprint density at radius 3 is 2.94 bits per heavy atom. The van der Waals surface area contributed by atoms with Gasteiger partial charge in [-0.2, -0.15) is 5.10 Å². The molecule has 0 aliphatic heterocycles. The number of nitrogens with zero attached hydrogens (tertiary/aromatic N) is 2. The number of H-pyrrole nitrogens is 2. The highest BCUT2D eigenvalue weighted by atomic mass is 16.2. The molecule has 0 spiro atoms. The molecule has 2 heterocycles. The van der Waals surface area contributed by atoms with Crippen molar-refractivity contribution in [1.82, 2.24) is 20.6 Å². The predicted octanol–water partition coefficient (Wildman–Crippen LogP) is 0.170. The first-order valence-corrected chi connectivity index (χ1v) is 5.19. The summed E-state index contributed by atoms with van der Waals surface area (Å²) in [6.07, 6.45) is 4.72. The Bertz CT molecular complexity index is 626. The first kappa shape index (κ1) is 11.8. The topological polar surface area (TPSA) is 103 Å². The van der Waals surface area contributed by atoms with Gasteiger partial charge < -0.3 is 0 Å². The van der Waals surface area contributed by atoms with E-state index >= 15 is 0 Å². The molecule has 0 radical (unpaired) electrons. The van der Waals surface area contributed by atoms with E-state index in [1.54, 1.807) is 31.5 Å². The fourth-order valence-electron chi connectivity index (χ4n) is 1.32. The Labute approximate surface area is 102 Å². The maximum atomic E-state index is 11.6. The van der Waals surface area contributed by atoms with Gasteiger partial charge in [0.2, 0.25) is 0 Å². The van der Waals surface area contributed by atoms with Crippen LogP contribution in [0.3, 0.4) is 0 Å². The number of rotatable bonds is 3. The van der Waals surface area contributed by atoms with Crippen LogP contribution >= 0.6 is 0 Å². The molecule has 0 aliphatic carbocycles. The molecule has 7 heteroatoms. The first-order chi connectivity index (χ1) is 8.68.